The molecule has 0 aliphatic carbocycles. The maximum Gasteiger partial charge on any atom is 0.221 e. The normalized spacial score (nSPS) is 12.5. The Hall–Kier alpha value is -3.68. The number of anilines is 3. The molecular formula is C23H27N5O3. The van der Waals surface area contributed by atoms with Gasteiger partial charge in [-0.3, -0.25) is 0 Å². The Labute approximate surface area is 181 Å². The van der Waals surface area contributed by atoms with Gasteiger partial charge in [0.15, 0.2) is 0 Å². The predicted molar refractivity (Wildman–Crippen MR) is 122 cm³/mol. The zero-order valence-electron chi connectivity index (χ0n) is 17.8. The summed E-state index contributed by atoms with van der Waals surface area (Å²) < 4.78 is 17.8. The Bertz CT molecular complexity index is 1060. The van der Waals surface area contributed by atoms with Crippen LogP contribution in [0.3, 0.4) is 0 Å². The van der Waals surface area contributed by atoms with Crippen LogP contribution in [0.15, 0.2) is 36.5 Å². The van der Waals surface area contributed by atoms with Crippen molar-refractivity contribution in [3.05, 3.63) is 47.7 Å². The Morgan fingerprint density at radius 2 is 1.81 bits per heavy atom. The molecule has 8 nitrogen and oxygen atoms in total. The highest BCUT2D eigenvalue weighted by atomic mass is 16.5. The summed E-state index contributed by atoms with van der Waals surface area (Å²) in [6.07, 6.45) is 2.19. The first-order chi connectivity index (χ1) is 15.1. The SMILES string of the molecule is CCOc1cc(Cc2cnc(N)nc2N)cc(OCC)c1-c1ccc2c(c1)NCCO2. The summed E-state index contributed by atoms with van der Waals surface area (Å²) in [7, 11) is 0. The molecule has 2 aromatic carbocycles. The molecule has 1 aliphatic rings. The van der Waals surface area contributed by atoms with Crippen molar-refractivity contribution in [2.24, 2.45) is 0 Å². The first-order valence-corrected chi connectivity index (χ1v) is 10.4. The second-order valence-corrected chi connectivity index (χ2v) is 7.13. The molecule has 3 aromatic rings. The van der Waals surface area contributed by atoms with E-state index in [0.717, 1.165) is 51.7 Å². The molecule has 0 atom stereocenters. The minimum Gasteiger partial charge on any atom is -0.493 e. The molecule has 2 heterocycles. The third kappa shape index (κ3) is 4.42. The molecule has 0 spiro atoms. The minimum atomic E-state index is 0.159. The van der Waals surface area contributed by atoms with Gasteiger partial charge in [-0.15, -0.1) is 0 Å². The van der Waals surface area contributed by atoms with Crippen LogP contribution in [-0.4, -0.2) is 36.3 Å². The van der Waals surface area contributed by atoms with Crippen molar-refractivity contribution in [2.75, 3.05) is 43.1 Å². The lowest BCUT2D eigenvalue weighted by atomic mass is 9.97. The van der Waals surface area contributed by atoms with E-state index in [-0.39, 0.29) is 5.95 Å². The third-order valence-corrected chi connectivity index (χ3v) is 4.98. The quantitative estimate of drug-likeness (QED) is 0.531. The topological polar surface area (TPSA) is 118 Å². The van der Waals surface area contributed by atoms with E-state index in [1.165, 1.54) is 0 Å². The van der Waals surface area contributed by atoms with Gasteiger partial charge in [-0.2, -0.15) is 4.98 Å². The second kappa shape index (κ2) is 8.99. The van der Waals surface area contributed by atoms with Crippen molar-refractivity contribution in [1.82, 2.24) is 9.97 Å². The highest BCUT2D eigenvalue weighted by molar-refractivity contribution is 5.81. The lowest BCUT2D eigenvalue weighted by molar-refractivity contribution is 0.322. The molecule has 0 unspecified atom stereocenters. The van der Waals surface area contributed by atoms with Gasteiger partial charge in [0.05, 0.1) is 24.5 Å². The van der Waals surface area contributed by atoms with Crippen molar-refractivity contribution in [3.8, 4) is 28.4 Å². The number of ether oxygens (including phenoxy) is 3. The summed E-state index contributed by atoms with van der Waals surface area (Å²) in [5.41, 5.74) is 16.3. The predicted octanol–water partition coefficient (Wildman–Crippen LogP) is 3.50. The molecule has 0 saturated heterocycles. The molecular weight excluding hydrogens is 394 g/mol. The molecule has 5 N–H and O–H groups in total. The van der Waals surface area contributed by atoms with Crippen LogP contribution in [0.5, 0.6) is 17.2 Å². The van der Waals surface area contributed by atoms with E-state index < -0.39 is 0 Å². The molecule has 31 heavy (non-hydrogen) atoms. The van der Waals surface area contributed by atoms with E-state index >= 15 is 0 Å². The number of nitrogen functional groups attached to an aromatic ring is 2. The molecule has 162 valence electrons. The summed E-state index contributed by atoms with van der Waals surface area (Å²) in [4.78, 5) is 8.12. The van der Waals surface area contributed by atoms with Crippen molar-refractivity contribution in [2.45, 2.75) is 20.3 Å². The molecule has 0 bridgehead atoms. The second-order valence-electron chi connectivity index (χ2n) is 7.13. The van der Waals surface area contributed by atoms with Gasteiger partial charge in [-0.05, 0) is 49.2 Å². The van der Waals surface area contributed by atoms with Crippen LogP contribution in [0.1, 0.15) is 25.0 Å². The third-order valence-electron chi connectivity index (χ3n) is 4.98. The van der Waals surface area contributed by atoms with E-state index in [4.69, 9.17) is 25.7 Å². The van der Waals surface area contributed by atoms with Crippen LogP contribution in [0.4, 0.5) is 17.5 Å². The lowest BCUT2D eigenvalue weighted by Crippen LogP contribution is -2.17. The summed E-state index contributed by atoms with van der Waals surface area (Å²) in [5.74, 6) is 2.87. The molecule has 1 aromatic heterocycles. The highest BCUT2D eigenvalue weighted by Crippen LogP contribution is 2.43. The minimum absolute atomic E-state index is 0.159. The van der Waals surface area contributed by atoms with Crippen LogP contribution < -0.4 is 31.0 Å². The van der Waals surface area contributed by atoms with Gasteiger partial charge in [-0.25, -0.2) is 4.98 Å². The molecule has 0 amide bonds. The smallest absolute Gasteiger partial charge is 0.221 e. The molecule has 8 heteroatoms. The van der Waals surface area contributed by atoms with E-state index in [2.05, 4.69) is 21.4 Å². The number of hydrogen-bond donors (Lipinski definition) is 3. The maximum atomic E-state index is 6.04. The van der Waals surface area contributed by atoms with Gasteiger partial charge in [0.2, 0.25) is 5.95 Å². The maximum absolute atomic E-state index is 6.04. The van der Waals surface area contributed by atoms with Gasteiger partial charge in [-0.1, -0.05) is 6.07 Å². The fourth-order valence-corrected chi connectivity index (χ4v) is 3.66. The first kappa shape index (κ1) is 20.6. The number of aromatic nitrogens is 2. The first-order valence-electron chi connectivity index (χ1n) is 10.4. The summed E-state index contributed by atoms with van der Waals surface area (Å²) >= 11 is 0. The van der Waals surface area contributed by atoms with Crippen molar-refractivity contribution >= 4 is 17.5 Å². The zero-order valence-corrected chi connectivity index (χ0v) is 17.8. The zero-order chi connectivity index (χ0) is 21.8. The average molecular weight is 422 g/mol. The highest BCUT2D eigenvalue weighted by Gasteiger charge is 2.19. The molecule has 1 aliphatic heterocycles. The van der Waals surface area contributed by atoms with E-state index in [1.54, 1.807) is 6.20 Å². The standard InChI is InChI=1S/C23H27N5O3/c1-3-29-19-10-14(9-16-13-27-23(25)28-22(16)24)11-20(30-4-2)21(19)15-5-6-18-17(12-15)26-7-8-31-18/h5-6,10-13,26H,3-4,7-9H2,1-2H3,(H4,24,25,27,28). The number of rotatable bonds is 7. The number of hydrogen-bond acceptors (Lipinski definition) is 8. The monoisotopic (exact) mass is 421 g/mol. The molecule has 0 saturated carbocycles. The largest absolute Gasteiger partial charge is 0.493 e. The number of nitrogens with zero attached hydrogens (tertiary/aromatic N) is 2. The van der Waals surface area contributed by atoms with Gasteiger partial charge >= 0.3 is 0 Å². The number of nitrogens with one attached hydrogen (secondary N) is 1. The Morgan fingerprint density at radius 3 is 2.48 bits per heavy atom. The van der Waals surface area contributed by atoms with Crippen molar-refractivity contribution < 1.29 is 14.2 Å². The Morgan fingerprint density at radius 1 is 1.06 bits per heavy atom. The summed E-state index contributed by atoms with van der Waals surface area (Å²) in [6.45, 7) is 6.42. The number of nitrogens with two attached hydrogens (primary N) is 2. The van der Waals surface area contributed by atoms with Crippen molar-refractivity contribution in [1.29, 1.82) is 0 Å². The van der Waals surface area contributed by atoms with Crippen molar-refractivity contribution in [3.63, 3.8) is 0 Å². The van der Waals surface area contributed by atoms with Gasteiger partial charge in [0, 0.05) is 24.7 Å². The summed E-state index contributed by atoms with van der Waals surface area (Å²) in [6, 6.07) is 10.1. The van der Waals surface area contributed by atoms with Crippen LogP contribution in [0.25, 0.3) is 11.1 Å². The Kier molecular flexibility index (Phi) is 5.97. The fraction of sp³-hybridized carbons (Fsp3) is 0.304. The van der Waals surface area contributed by atoms with E-state index in [1.807, 2.05) is 38.1 Å². The van der Waals surface area contributed by atoms with Crippen LogP contribution in [0, 0.1) is 0 Å². The molecule has 0 fully saturated rings. The molecule has 4 rings (SSSR count). The van der Waals surface area contributed by atoms with Crippen LogP contribution in [-0.2, 0) is 6.42 Å². The van der Waals surface area contributed by atoms with E-state index in [0.29, 0.717) is 32.1 Å². The van der Waals surface area contributed by atoms with E-state index in [9.17, 15) is 0 Å². The van der Waals surface area contributed by atoms with Crippen LogP contribution >= 0.6 is 0 Å². The Balaban J connectivity index is 1.79. The fourth-order valence-electron chi connectivity index (χ4n) is 3.66. The van der Waals surface area contributed by atoms with Gasteiger partial charge < -0.3 is 31.0 Å². The van der Waals surface area contributed by atoms with Gasteiger partial charge in [0.1, 0.15) is 29.7 Å². The summed E-state index contributed by atoms with van der Waals surface area (Å²) in [5, 5.41) is 3.39. The average Bonchev–Trinajstić information content (AvgIpc) is 2.76. The molecule has 0 radical (unpaired) electrons. The van der Waals surface area contributed by atoms with Gasteiger partial charge in [0.25, 0.3) is 0 Å². The lowest BCUT2D eigenvalue weighted by Gasteiger charge is -2.22. The number of fused-ring (bicyclic) bond motifs is 1. The van der Waals surface area contributed by atoms with Crippen LogP contribution in [0.2, 0.25) is 0 Å². The number of benzene rings is 2.